The number of rotatable bonds is 8. The first-order chi connectivity index (χ1) is 15.6. The number of carbonyl (C=O) groups excluding carboxylic acids is 1. The van der Waals surface area contributed by atoms with Crippen LogP contribution in [0.5, 0.6) is 0 Å². The molecule has 4 atom stereocenters. The molecule has 4 rings (SSSR count). The summed E-state index contributed by atoms with van der Waals surface area (Å²) in [5, 5.41) is 0. The fourth-order valence-corrected chi connectivity index (χ4v) is 3.67. The molecule has 6 nitrogen and oxygen atoms in total. The molecule has 168 valence electrons. The van der Waals surface area contributed by atoms with Crippen molar-refractivity contribution in [2.45, 2.75) is 38.3 Å². The molecule has 2 fully saturated rings. The molecule has 0 saturated carbocycles. The van der Waals surface area contributed by atoms with Crippen molar-refractivity contribution in [2.75, 3.05) is 19.8 Å². The van der Waals surface area contributed by atoms with Crippen LogP contribution in [0.15, 0.2) is 60.7 Å². The van der Waals surface area contributed by atoms with Gasteiger partial charge in [0.1, 0.15) is 24.9 Å². The van der Waals surface area contributed by atoms with E-state index >= 15 is 0 Å². The Kier molecular flexibility index (Phi) is 7.50. The Morgan fingerprint density at radius 1 is 0.875 bits per heavy atom. The second kappa shape index (κ2) is 10.7. The van der Waals surface area contributed by atoms with E-state index < -0.39 is 12.1 Å². The Hall–Kier alpha value is -2.77. The molecule has 2 aliphatic heterocycles. The van der Waals surface area contributed by atoms with Crippen molar-refractivity contribution >= 4 is 18.1 Å². The maximum absolute atomic E-state index is 12.2. The number of carbonyl (C=O) groups is 1. The van der Waals surface area contributed by atoms with Gasteiger partial charge in [-0.15, -0.1) is 0 Å². The van der Waals surface area contributed by atoms with Crippen LogP contribution in [0.2, 0.25) is 0 Å². The monoisotopic (exact) mass is 436 g/mol. The van der Waals surface area contributed by atoms with Crippen LogP contribution in [0.4, 0.5) is 0 Å². The van der Waals surface area contributed by atoms with Gasteiger partial charge in [-0.2, -0.15) is 0 Å². The maximum Gasteiger partial charge on any atom is 0.331 e. The summed E-state index contributed by atoms with van der Waals surface area (Å²) in [6, 6.07) is 16.1. The van der Waals surface area contributed by atoms with Gasteiger partial charge in [-0.3, -0.25) is 0 Å². The highest BCUT2D eigenvalue weighted by Gasteiger charge is 2.50. The van der Waals surface area contributed by atoms with Crippen LogP contribution >= 0.6 is 0 Å². The van der Waals surface area contributed by atoms with Crippen molar-refractivity contribution in [3.05, 3.63) is 82.9 Å². The van der Waals surface area contributed by atoms with Gasteiger partial charge in [0, 0.05) is 6.08 Å². The van der Waals surface area contributed by atoms with Gasteiger partial charge in [-0.05, 0) is 31.1 Å². The quantitative estimate of drug-likeness (QED) is 0.205. The molecular formula is C26H28O6. The lowest BCUT2D eigenvalue weighted by Crippen LogP contribution is -2.34. The summed E-state index contributed by atoms with van der Waals surface area (Å²) in [6.07, 6.45) is 5.50. The average Bonchev–Trinajstić information content (AvgIpc) is 3.38. The summed E-state index contributed by atoms with van der Waals surface area (Å²) in [4.78, 5) is 23.0. The molecule has 0 aromatic heterocycles. The van der Waals surface area contributed by atoms with Crippen LogP contribution in [-0.4, -0.2) is 50.2 Å². The molecule has 2 aliphatic rings. The molecular weight excluding hydrogens is 408 g/mol. The lowest BCUT2D eigenvalue weighted by molar-refractivity contribution is -0.326. The van der Waals surface area contributed by atoms with Crippen LogP contribution in [0, 0.1) is 13.8 Å². The van der Waals surface area contributed by atoms with Crippen LogP contribution in [0.25, 0.3) is 12.2 Å². The Morgan fingerprint density at radius 3 is 2.09 bits per heavy atom. The van der Waals surface area contributed by atoms with Gasteiger partial charge < -0.3 is 14.2 Å². The van der Waals surface area contributed by atoms with E-state index in [9.17, 15) is 4.79 Å². The number of fused-ring (bicyclic) bond motifs is 1. The van der Waals surface area contributed by atoms with Crippen molar-refractivity contribution in [1.82, 2.24) is 0 Å². The van der Waals surface area contributed by atoms with Crippen molar-refractivity contribution in [3.63, 3.8) is 0 Å². The zero-order valence-corrected chi connectivity index (χ0v) is 18.3. The first-order valence-corrected chi connectivity index (χ1v) is 10.8. The van der Waals surface area contributed by atoms with Gasteiger partial charge >= 0.3 is 5.97 Å². The average molecular weight is 437 g/mol. The first-order valence-electron chi connectivity index (χ1n) is 10.8. The third-order valence-corrected chi connectivity index (χ3v) is 5.46. The highest BCUT2D eigenvalue weighted by molar-refractivity contribution is 5.87. The van der Waals surface area contributed by atoms with Crippen LogP contribution in [0.1, 0.15) is 22.3 Å². The minimum absolute atomic E-state index is 0.270. The molecule has 2 saturated heterocycles. The van der Waals surface area contributed by atoms with Crippen molar-refractivity contribution in [2.24, 2.45) is 0 Å². The largest absolute Gasteiger partial charge is 0.454 e. The minimum Gasteiger partial charge on any atom is -0.454 e. The molecule has 32 heavy (non-hydrogen) atoms. The van der Waals surface area contributed by atoms with E-state index in [0.717, 1.165) is 11.1 Å². The topological polar surface area (TPSA) is 63.2 Å². The highest BCUT2D eigenvalue weighted by atomic mass is 17.2. The zero-order valence-electron chi connectivity index (χ0n) is 18.3. The molecule has 0 N–H and O–H groups in total. The minimum atomic E-state index is -0.467. The summed E-state index contributed by atoms with van der Waals surface area (Å²) in [6.45, 7) is 4.98. The van der Waals surface area contributed by atoms with Gasteiger partial charge in [-0.25, -0.2) is 14.6 Å². The second-order valence-electron chi connectivity index (χ2n) is 8.05. The molecule has 0 spiro atoms. The van der Waals surface area contributed by atoms with E-state index in [-0.39, 0.29) is 24.9 Å². The second-order valence-corrected chi connectivity index (χ2v) is 8.05. The van der Waals surface area contributed by atoms with Crippen molar-refractivity contribution < 1.29 is 28.8 Å². The molecule has 0 amide bonds. The lowest BCUT2D eigenvalue weighted by atomic mass is 10.1. The number of benzene rings is 2. The van der Waals surface area contributed by atoms with Crippen molar-refractivity contribution in [3.8, 4) is 0 Å². The summed E-state index contributed by atoms with van der Waals surface area (Å²) >= 11 is 0. The van der Waals surface area contributed by atoms with Gasteiger partial charge in [0.15, 0.2) is 6.10 Å². The SMILES string of the molecule is Cc1ccc(/C=C\C(=O)OC2CO[C@H]3[C@@H](OOC/C=C/c4ccc(C)cc4)CO[C@@H]23)cc1. The van der Waals surface area contributed by atoms with E-state index in [1.54, 1.807) is 6.08 Å². The Morgan fingerprint density at radius 2 is 1.44 bits per heavy atom. The summed E-state index contributed by atoms with van der Waals surface area (Å²) in [5.41, 5.74) is 4.43. The molecule has 0 aliphatic carbocycles. The van der Waals surface area contributed by atoms with Crippen LogP contribution in [0.3, 0.4) is 0 Å². The van der Waals surface area contributed by atoms with E-state index in [1.807, 2.05) is 55.5 Å². The molecule has 2 aromatic carbocycles. The molecule has 0 bridgehead atoms. The third-order valence-electron chi connectivity index (χ3n) is 5.46. The number of hydrogen-bond donors (Lipinski definition) is 0. The molecule has 6 heteroatoms. The molecule has 2 aromatic rings. The number of aryl methyl sites for hydroxylation is 2. The Labute approximate surface area is 188 Å². The summed E-state index contributed by atoms with van der Waals surface area (Å²) in [7, 11) is 0. The molecule has 1 unspecified atom stereocenters. The van der Waals surface area contributed by atoms with Gasteiger partial charge in [0.05, 0.1) is 13.2 Å². The summed E-state index contributed by atoms with van der Waals surface area (Å²) in [5.74, 6) is -0.426. The predicted molar refractivity (Wildman–Crippen MR) is 121 cm³/mol. The Bertz CT molecular complexity index is 947. The summed E-state index contributed by atoms with van der Waals surface area (Å²) < 4.78 is 17.1. The van der Waals surface area contributed by atoms with E-state index in [1.165, 1.54) is 17.2 Å². The van der Waals surface area contributed by atoms with Gasteiger partial charge in [0.2, 0.25) is 0 Å². The van der Waals surface area contributed by atoms with E-state index in [2.05, 4.69) is 19.1 Å². The fraction of sp³-hybridized carbons (Fsp3) is 0.346. The maximum atomic E-state index is 12.2. The normalized spacial score (nSPS) is 24.9. The first kappa shape index (κ1) is 22.4. The Balaban J connectivity index is 1.19. The fourth-order valence-electron chi connectivity index (χ4n) is 3.67. The third kappa shape index (κ3) is 5.93. The molecule has 2 heterocycles. The molecule has 0 radical (unpaired) electrons. The number of hydrogen-bond acceptors (Lipinski definition) is 6. The van der Waals surface area contributed by atoms with E-state index in [4.69, 9.17) is 24.0 Å². The predicted octanol–water partition coefficient (Wildman–Crippen LogP) is 4.06. The number of esters is 1. The highest BCUT2D eigenvalue weighted by Crippen LogP contribution is 2.30. The van der Waals surface area contributed by atoms with Crippen LogP contribution in [-0.2, 0) is 28.8 Å². The van der Waals surface area contributed by atoms with Gasteiger partial charge in [0.25, 0.3) is 0 Å². The standard InChI is InChI=1S/C26H28O6/c1-18-5-9-20(10-6-18)4-3-15-30-32-23-17-29-25-22(16-28-26(23)25)31-24(27)14-13-21-11-7-19(2)8-12-21/h3-14,22-23,25-26H,15-17H2,1-2H3/b4-3+,14-13-/t22?,23-,25-,26-/m0/s1. The van der Waals surface area contributed by atoms with E-state index in [0.29, 0.717) is 13.2 Å². The number of ether oxygens (including phenoxy) is 3. The van der Waals surface area contributed by atoms with Crippen molar-refractivity contribution in [1.29, 1.82) is 0 Å². The zero-order chi connectivity index (χ0) is 22.3. The van der Waals surface area contributed by atoms with Crippen LogP contribution < -0.4 is 0 Å². The van der Waals surface area contributed by atoms with Gasteiger partial charge in [-0.1, -0.05) is 71.8 Å². The lowest BCUT2D eigenvalue weighted by Gasteiger charge is -2.16. The smallest absolute Gasteiger partial charge is 0.331 e.